The van der Waals surface area contributed by atoms with Crippen molar-refractivity contribution >= 4 is 5.96 Å². The molecule has 0 aliphatic rings. The first-order chi connectivity index (χ1) is 6.74. The van der Waals surface area contributed by atoms with Crippen molar-refractivity contribution in [3.63, 3.8) is 0 Å². The van der Waals surface area contributed by atoms with E-state index in [2.05, 4.69) is 24.0 Å². The Bertz CT molecular complexity index is 323. The summed E-state index contributed by atoms with van der Waals surface area (Å²) in [7, 11) is 0. The first kappa shape index (κ1) is 10.5. The van der Waals surface area contributed by atoms with Crippen molar-refractivity contribution in [3.8, 4) is 0 Å². The summed E-state index contributed by atoms with van der Waals surface area (Å²) in [5.41, 5.74) is 9.56. The zero-order chi connectivity index (χ0) is 10.4. The van der Waals surface area contributed by atoms with Crippen LogP contribution >= 0.6 is 0 Å². The van der Waals surface area contributed by atoms with Crippen molar-refractivity contribution in [1.29, 1.82) is 0 Å². The molecule has 1 aromatic rings. The number of aryl methyl sites for hydroxylation is 1. The van der Waals surface area contributed by atoms with Gasteiger partial charge in [0, 0.05) is 6.54 Å². The van der Waals surface area contributed by atoms with E-state index in [4.69, 9.17) is 10.9 Å². The second kappa shape index (κ2) is 5.24. The molecule has 4 nitrogen and oxygen atoms in total. The minimum absolute atomic E-state index is 0.0542. The number of guanidine groups is 1. The highest BCUT2D eigenvalue weighted by Gasteiger charge is 1.95. The Morgan fingerprint density at radius 2 is 2.21 bits per heavy atom. The highest BCUT2D eigenvalue weighted by atomic mass is 16.5. The third-order valence-electron chi connectivity index (χ3n) is 2.04. The Labute approximate surface area is 83.4 Å². The van der Waals surface area contributed by atoms with Gasteiger partial charge in [0.25, 0.3) is 0 Å². The van der Waals surface area contributed by atoms with Gasteiger partial charge in [0.05, 0.1) is 0 Å². The van der Waals surface area contributed by atoms with Crippen LogP contribution in [0.1, 0.15) is 11.1 Å². The van der Waals surface area contributed by atoms with Crippen LogP contribution in [0, 0.1) is 6.92 Å². The summed E-state index contributed by atoms with van der Waals surface area (Å²) < 4.78 is 0. The fourth-order valence-corrected chi connectivity index (χ4v) is 1.22. The lowest BCUT2D eigenvalue weighted by atomic mass is 10.1. The van der Waals surface area contributed by atoms with Gasteiger partial charge in [0.15, 0.2) is 0 Å². The molecule has 0 fully saturated rings. The van der Waals surface area contributed by atoms with Gasteiger partial charge in [-0.25, -0.2) is 5.48 Å². The number of benzene rings is 1. The molecule has 0 spiro atoms. The summed E-state index contributed by atoms with van der Waals surface area (Å²) in [6, 6.07) is 8.13. The average Bonchev–Trinajstić information content (AvgIpc) is 2.20. The first-order valence-electron chi connectivity index (χ1n) is 4.48. The second-order valence-electron chi connectivity index (χ2n) is 3.06. The van der Waals surface area contributed by atoms with Gasteiger partial charge >= 0.3 is 0 Å². The zero-order valence-electron chi connectivity index (χ0n) is 8.20. The van der Waals surface area contributed by atoms with Gasteiger partial charge in [-0.05, 0) is 24.5 Å². The monoisotopic (exact) mass is 193 g/mol. The van der Waals surface area contributed by atoms with Crippen LogP contribution in [0.2, 0.25) is 0 Å². The Balaban J connectivity index is 2.50. The maximum absolute atomic E-state index is 8.38. The van der Waals surface area contributed by atoms with Gasteiger partial charge < -0.3 is 5.73 Å². The van der Waals surface area contributed by atoms with Gasteiger partial charge in [-0.1, -0.05) is 24.3 Å². The Kier molecular flexibility index (Phi) is 3.94. The lowest BCUT2D eigenvalue weighted by Gasteiger charge is -2.03. The number of rotatable bonds is 3. The molecule has 0 atom stereocenters. The fraction of sp³-hybridized carbons (Fsp3) is 0.300. The van der Waals surface area contributed by atoms with Gasteiger partial charge in [-0.2, -0.15) is 0 Å². The van der Waals surface area contributed by atoms with E-state index in [1.165, 1.54) is 11.1 Å². The van der Waals surface area contributed by atoms with Crippen LogP contribution in [0.15, 0.2) is 29.3 Å². The van der Waals surface area contributed by atoms with Crippen molar-refractivity contribution in [3.05, 3.63) is 35.4 Å². The summed E-state index contributed by atoms with van der Waals surface area (Å²) in [5.74, 6) is 0.0542. The molecule has 76 valence electrons. The van der Waals surface area contributed by atoms with Crippen molar-refractivity contribution in [2.24, 2.45) is 10.7 Å². The molecule has 0 aromatic heterocycles. The normalized spacial score (nSPS) is 11.4. The molecule has 14 heavy (non-hydrogen) atoms. The minimum atomic E-state index is 0.0542. The van der Waals surface area contributed by atoms with E-state index in [1.54, 1.807) is 5.48 Å². The average molecular weight is 193 g/mol. The summed E-state index contributed by atoms with van der Waals surface area (Å²) >= 11 is 0. The quantitative estimate of drug-likeness (QED) is 0.378. The van der Waals surface area contributed by atoms with E-state index in [1.807, 2.05) is 12.1 Å². The van der Waals surface area contributed by atoms with Crippen molar-refractivity contribution in [2.75, 3.05) is 6.54 Å². The number of nitrogens with two attached hydrogens (primary N) is 1. The van der Waals surface area contributed by atoms with E-state index in [9.17, 15) is 0 Å². The van der Waals surface area contributed by atoms with Crippen LogP contribution in [-0.4, -0.2) is 17.7 Å². The van der Waals surface area contributed by atoms with Crippen molar-refractivity contribution in [1.82, 2.24) is 5.48 Å². The molecule has 0 amide bonds. The van der Waals surface area contributed by atoms with Gasteiger partial charge in [0.1, 0.15) is 0 Å². The second-order valence-corrected chi connectivity index (χ2v) is 3.06. The van der Waals surface area contributed by atoms with Crippen LogP contribution in [0.3, 0.4) is 0 Å². The predicted molar refractivity (Wildman–Crippen MR) is 56.3 cm³/mol. The highest BCUT2D eigenvalue weighted by Crippen LogP contribution is 2.07. The molecule has 4 N–H and O–H groups in total. The van der Waals surface area contributed by atoms with Gasteiger partial charge in [-0.15, -0.1) is 0 Å². The summed E-state index contributed by atoms with van der Waals surface area (Å²) in [6.07, 6.45) is 0.828. The highest BCUT2D eigenvalue weighted by molar-refractivity contribution is 5.76. The molecule has 1 rings (SSSR count). The summed E-state index contributed by atoms with van der Waals surface area (Å²) in [5, 5.41) is 8.38. The largest absolute Gasteiger partial charge is 0.368 e. The molecule has 4 heteroatoms. The van der Waals surface area contributed by atoms with Crippen LogP contribution in [0.4, 0.5) is 0 Å². The van der Waals surface area contributed by atoms with Gasteiger partial charge in [-0.3, -0.25) is 10.2 Å². The third-order valence-corrected chi connectivity index (χ3v) is 2.04. The fourth-order valence-electron chi connectivity index (χ4n) is 1.22. The van der Waals surface area contributed by atoms with Crippen LogP contribution in [-0.2, 0) is 6.42 Å². The Morgan fingerprint density at radius 1 is 1.50 bits per heavy atom. The Morgan fingerprint density at radius 3 is 2.86 bits per heavy atom. The van der Waals surface area contributed by atoms with Gasteiger partial charge in [0.2, 0.25) is 5.96 Å². The molecule has 0 bridgehead atoms. The third kappa shape index (κ3) is 3.06. The molecule has 0 heterocycles. The van der Waals surface area contributed by atoms with Crippen LogP contribution in [0.5, 0.6) is 0 Å². The Hall–Kier alpha value is -1.55. The molecule has 0 radical (unpaired) electrons. The number of nitrogens with zero attached hydrogens (tertiary/aromatic N) is 1. The minimum Gasteiger partial charge on any atom is -0.368 e. The topological polar surface area (TPSA) is 70.6 Å². The van der Waals surface area contributed by atoms with E-state index < -0.39 is 0 Å². The SMILES string of the molecule is Cc1ccccc1CCN=C(N)NO. The predicted octanol–water partition coefficient (Wildman–Crippen LogP) is 0.831. The van der Waals surface area contributed by atoms with Crippen LogP contribution in [0.25, 0.3) is 0 Å². The molecular formula is C10H15N3O. The molecule has 0 saturated heterocycles. The number of nitrogens with one attached hydrogen (secondary N) is 1. The number of hydrogen-bond acceptors (Lipinski definition) is 2. The number of hydrogen-bond donors (Lipinski definition) is 3. The molecule has 0 unspecified atom stereocenters. The molecule has 1 aromatic carbocycles. The number of hydroxylamine groups is 1. The van der Waals surface area contributed by atoms with Crippen molar-refractivity contribution in [2.45, 2.75) is 13.3 Å². The number of aliphatic imine (C=N–C) groups is 1. The maximum atomic E-state index is 8.38. The summed E-state index contributed by atoms with van der Waals surface area (Å²) in [6.45, 7) is 2.64. The van der Waals surface area contributed by atoms with E-state index in [-0.39, 0.29) is 5.96 Å². The molecule has 0 aliphatic carbocycles. The van der Waals surface area contributed by atoms with E-state index in [0.717, 1.165) is 6.42 Å². The lowest BCUT2D eigenvalue weighted by molar-refractivity contribution is 0.232. The van der Waals surface area contributed by atoms with Crippen LogP contribution < -0.4 is 11.2 Å². The van der Waals surface area contributed by atoms with Crippen molar-refractivity contribution < 1.29 is 5.21 Å². The smallest absolute Gasteiger partial charge is 0.212 e. The molecule has 0 saturated carbocycles. The van der Waals surface area contributed by atoms with E-state index in [0.29, 0.717) is 6.54 Å². The molecule has 0 aliphatic heterocycles. The first-order valence-corrected chi connectivity index (χ1v) is 4.48. The maximum Gasteiger partial charge on any atom is 0.212 e. The zero-order valence-corrected chi connectivity index (χ0v) is 8.20. The molecular weight excluding hydrogens is 178 g/mol. The summed E-state index contributed by atoms with van der Waals surface area (Å²) in [4.78, 5) is 3.91. The lowest BCUT2D eigenvalue weighted by Crippen LogP contribution is -2.28. The standard InChI is InChI=1S/C10H15N3O/c1-8-4-2-3-5-9(8)6-7-12-10(11)13-14/h2-5,14H,6-7H2,1H3,(H3,11,12,13). The van der Waals surface area contributed by atoms with E-state index >= 15 is 0 Å².